The smallest absolute Gasteiger partial charge is 0.403 e. The Balaban J connectivity index is 1.73. The molecule has 0 saturated carbocycles. The molecule has 8 nitrogen and oxygen atoms in total. The highest BCUT2D eigenvalue weighted by Crippen LogP contribution is 2.33. The van der Waals surface area contributed by atoms with E-state index in [-0.39, 0.29) is 24.2 Å². The molecule has 156 valence electrons. The molecule has 0 fully saturated rings. The van der Waals surface area contributed by atoms with Crippen molar-refractivity contribution >= 4 is 17.5 Å². The van der Waals surface area contributed by atoms with Crippen molar-refractivity contribution in [3.63, 3.8) is 0 Å². The maximum atomic E-state index is 13.1. The Labute approximate surface area is 166 Å². The third-order valence-corrected chi connectivity index (χ3v) is 4.62. The van der Waals surface area contributed by atoms with Gasteiger partial charge in [-0.05, 0) is 20.3 Å². The molecular formula is C18H23F3N8. The molecule has 0 amide bonds. The minimum atomic E-state index is -4.55. The number of aromatic nitrogens is 4. The molecular weight excluding hydrogens is 385 g/mol. The predicted octanol–water partition coefficient (Wildman–Crippen LogP) is 2.98. The highest BCUT2D eigenvalue weighted by atomic mass is 19.4. The molecule has 2 aromatic heterocycles. The second-order valence-corrected chi connectivity index (χ2v) is 6.58. The molecule has 1 aliphatic heterocycles. The molecule has 0 bridgehead atoms. The van der Waals surface area contributed by atoms with E-state index < -0.39 is 11.7 Å². The molecule has 29 heavy (non-hydrogen) atoms. The first kappa shape index (κ1) is 20.6. The summed E-state index contributed by atoms with van der Waals surface area (Å²) in [5.74, 6) is 0.939. The average Bonchev–Trinajstić information content (AvgIpc) is 3.28. The number of aryl methyl sites for hydroxylation is 1. The van der Waals surface area contributed by atoms with Gasteiger partial charge in [0.05, 0.1) is 11.4 Å². The second-order valence-electron chi connectivity index (χ2n) is 6.58. The van der Waals surface area contributed by atoms with Crippen molar-refractivity contribution in [3.05, 3.63) is 41.9 Å². The van der Waals surface area contributed by atoms with E-state index in [0.717, 1.165) is 25.0 Å². The van der Waals surface area contributed by atoms with Crippen molar-refractivity contribution in [3.8, 4) is 0 Å². The monoisotopic (exact) mass is 408 g/mol. The molecule has 0 aromatic carbocycles. The standard InChI is InChI=1S/C18H23F3N8/c1-3-23-15-13(18(19,20)21)10-26-17(28-15)27-14(8-22)11(2)25-9-12-4-6-29-7-5-24-16(12)29/h5,7-8,10,12H,3-4,6,9,22H2,1-2H3,(H2,23,26,27,28)/b14-8+,25-11-/t12-/m1/s1. The van der Waals surface area contributed by atoms with Crippen molar-refractivity contribution in [2.45, 2.75) is 38.9 Å². The lowest BCUT2D eigenvalue weighted by atomic mass is 10.1. The first-order chi connectivity index (χ1) is 13.8. The van der Waals surface area contributed by atoms with E-state index in [9.17, 15) is 13.2 Å². The summed E-state index contributed by atoms with van der Waals surface area (Å²) in [6.07, 6.45) is 2.17. The number of anilines is 2. The fourth-order valence-electron chi connectivity index (χ4n) is 3.12. The zero-order chi connectivity index (χ0) is 21.0. The molecule has 0 saturated heterocycles. The highest BCUT2D eigenvalue weighted by Gasteiger charge is 2.35. The Morgan fingerprint density at radius 3 is 2.90 bits per heavy atom. The highest BCUT2D eigenvalue weighted by molar-refractivity contribution is 6.00. The number of nitrogens with zero attached hydrogens (tertiary/aromatic N) is 5. The van der Waals surface area contributed by atoms with Gasteiger partial charge in [-0.3, -0.25) is 4.99 Å². The van der Waals surface area contributed by atoms with Crippen LogP contribution >= 0.6 is 0 Å². The van der Waals surface area contributed by atoms with Gasteiger partial charge in [0.25, 0.3) is 0 Å². The molecule has 0 unspecified atom stereocenters. The van der Waals surface area contributed by atoms with Crippen LogP contribution in [-0.4, -0.2) is 38.3 Å². The summed E-state index contributed by atoms with van der Waals surface area (Å²) in [4.78, 5) is 16.6. The van der Waals surface area contributed by atoms with Gasteiger partial charge in [0.1, 0.15) is 17.2 Å². The van der Waals surface area contributed by atoms with Gasteiger partial charge in [-0.25, -0.2) is 9.97 Å². The maximum Gasteiger partial charge on any atom is 0.421 e. The van der Waals surface area contributed by atoms with Gasteiger partial charge in [0.2, 0.25) is 5.95 Å². The zero-order valence-corrected chi connectivity index (χ0v) is 16.2. The van der Waals surface area contributed by atoms with Gasteiger partial charge in [-0.2, -0.15) is 18.2 Å². The molecule has 0 radical (unpaired) electrons. The topological polar surface area (TPSA) is 106 Å². The Hall–Kier alpha value is -3.11. The van der Waals surface area contributed by atoms with Crippen LogP contribution in [0.5, 0.6) is 0 Å². The molecule has 0 spiro atoms. The third-order valence-electron chi connectivity index (χ3n) is 4.62. The van der Waals surface area contributed by atoms with Crippen LogP contribution in [0, 0.1) is 0 Å². The van der Waals surface area contributed by atoms with Crippen molar-refractivity contribution in [2.75, 3.05) is 23.7 Å². The number of alkyl halides is 3. The normalized spacial score (nSPS) is 17.3. The minimum absolute atomic E-state index is 0.00314. The summed E-state index contributed by atoms with van der Waals surface area (Å²) < 4.78 is 41.4. The van der Waals surface area contributed by atoms with E-state index in [4.69, 9.17) is 5.73 Å². The Morgan fingerprint density at radius 2 is 2.21 bits per heavy atom. The van der Waals surface area contributed by atoms with E-state index >= 15 is 0 Å². The fourth-order valence-corrected chi connectivity index (χ4v) is 3.12. The lowest BCUT2D eigenvalue weighted by Crippen LogP contribution is -2.17. The molecule has 3 rings (SSSR count). The third kappa shape index (κ3) is 4.66. The number of aliphatic imine (C=N–C) groups is 1. The van der Waals surface area contributed by atoms with Gasteiger partial charge in [-0.15, -0.1) is 0 Å². The van der Waals surface area contributed by atoms with E-state index in [1.165, 1.54) is 6.20 Å². The number of imidazole rings is 1. The van der Waals surface area contributed by atoms with Crippen LogP contribution in [0.25, 0.3) is 0 Å². The average molecular weight is 408 g/mol. The molecule has 1 atom stereocenters. The molecule has 4 N–H and O–H groups in total. The van der Waals surface area contributed by atoms with Gasteiger partial charge in [0, 0.05) is 50.3 Å². The number of hydrogen-bond donors (Lipinski definition) is 3. The minimum Gasteiger partial charge on any atom is -0.403 e. The van der Waals surface area contributed by atoms with E-state index in [1.54, 1.807) is 20.0 Å². The molecule has 1 aliphatic rings. The van der Waals surface area contributed by atoms with Crippen molar-refractivity contribution in [1.82, 2.24) is 19.5 Å². The summed E-state index contributed by atoms with van der Waals surface area (Å²) in [6, 6.07) is 0. The number of allylic oxidation sites excluding steroid dienone is 1. The fraction of sp³-hybridized carbons (Fsp3) is 0.444. The Bertz CT molecular complexity index is 916. The quantitative estimate of drug-likeness (QED) is 0.608. The number of fused-ring (bicyclic) bond motifs is 1. The summed E-state index contributed by atoms with van der Waals surface area (Å²) >= 11 is 0. The van der Waals surface area contributed by atoms with E-state index in [1.807, 2.05) is 6.20 Å². The van der Waals surface area contributed by atoms with Gasteiger partial charge < -0.3 is 20.9 Å². The summed E-state index contributed by atoms with van der Waals surface area (Å²) in [6.45, 7) is 5.20. The van der Waals surface area contributed by atoms with Crippen molar-refractivity contribution in [2.24, 2.45) is 10.7 Å². The van der Waals surface area contributed by atoms with Crippen LogP contribution in [0.1, 0.15) is 37.6 Å². The number of nitrogens with two attached hydrogens (primary N) is 1. The van der Waals surface area contributed by atoms with Crippen LogP contribution in [0.2, 0.25) is 0 Å². The number of nitrogens with one attached hydrogen (secondary N) is 2. The van der Waals surface area contributed by atoms with Gasteiger partial charge in [0.15, 0.2) is 0 Å². The zero-order valence-electron chi connectivity index (χ0n) is 16.2. The molecule has 2 aromatic rings. The van der Waals surface area contributed by atoms with Crippen LogP contribution < -0.4 is 16.4 Å². The number of halogens is 3. The Morgan fingerprint density at radius 1 is 1.41 bits per heavy atom. The van der Waals surface area contributed by atoms with Crippen LogP contribution in [-0.2, 0) is 12.7 Å². The first-order valence-electron chi connectivity index (χ1n) is 9.23. The van der Waals surface area contributed by atoms with E-state index in [0.29, 0.717) is 18.0 Å². The summed E-state index contributed by atoms with van der Waals surface area (Å²) in [5.41, 5.74) is 5.79. The first-order valence-corrected chi connectivity index (χ1v) is 9.23. The maximum absolute atomic E-state index is 13.1. The number of rotatable bonds is 7. The Kier molecular flexibility index (Phi) is 6.04. The molecule has 3 heterocycles. The lowest BCUT2D eigenvalue weighted by Gasteiger charge is -2.15. The largest absolute Gasteiger partial charge is 0.421 e. The predicted molar refractivity (Wildman–Crippen MR) is 105 cm³/mol. The van der Waals surface area contributed by atoms with Crippen LogP contribution in [0.3, 0.4) is 0 Å². The van der Waals surface area contributed by atoms with E-state index in [2.05, 4.69) is 35.1 Å². The van der Waals surface area contributed by atoms with Crippen molar-refractivity contribution in [1.29, 1.82) is 0 Å². The SMILES string of the molecule is CCNc1nc(NC(=C/N)/C(C)=N\C[C@H]2CCn3ccnc32)ncc1C(F)(F)F. The van der Waals surface area contributed by atoms with Gasteiger partial charge in [-0.1, -0.05) is 0 Å². The van der Waals surface area contributed by atoms with Gasteiger partial charge >= 0.3 is 6.18 Å². The number of hydrogen-bond acceptors (Lipinski definition) is 7. The second kappa shape index (κ2) is 8.50. The van der Waals surface area contributed by atoms with Crippen LogP contribution in [0.4, 0.5) is 24.9 Å². The molecule has 11 heteroatoms. The summed E-state index contributed by atoms with van der Waals surface area (Å²) in [7, 11) is 0. The van der Waals surface area contributed by atoms with Crippen molar-refractivity contribution < 1.29 is 13.2 Å². The summed E-state index contributed by atoms with van der Waals surface area (Å²) in [5, 5.41) is 5.46. The van der Waals surface area contributed by atoms with Crippen LogP contribution in [0.15, 0.2) is 35.5 Å². The lowest BCUT2D eigenvalue weighted by molar-refractivity contribution is -0.137. The molecule has 0 aliphatic carbocycles.